The molecule has 2 saturated heterocycles. The summed E-state index contributed by atoms with van der Waals surface area (Å²) in [6.45, 7) is 8.96. The fourth-order valence-corrected chi connectivity index (χ4v) is 6.22. The van der Waals surface area contributed by atoms with Crippen LogP contribution in [-0.4, -0.2) is 53.6 Å². The first-order valence-corrected chi connectivity index (χ1v) is 10.8. The lowest BCUT2D eigenvalue weighted by atomic mass is 9.65. The van der Waals surface area contributed by atoms with Crippen LogP contribution in [0.5, 0.6) is 11.5 Å². The van der Waals surface area contributed by atoms with E-state index in [1.54, 1.807) is 25.1 Å². The Kier molecular flexibility index (Phi) is 4.14. The molecule has 1 aromatic rings. The molecule has 0 aromatic heterocycles. The highest BCUT2D eigenvalue weighted by Crippen LogP contribution is 2.52. The second kappa shape index (κ2) is 6.37. The zero-order valence-electron chi connectivity index (χ0n) is 18.5. The van der Waals surface area contributed by atoms with Crippen molar-refractivity contribution >= 4 is 17.8 Å². The lowest BCUT2D eigenvalue weighted by molar-refractivity contribution is -0.139. The van der Waals surface area contributed by atoms with E-state index in [1.807, 2.05) is 4.90 Å². The Morgan fingerprint density at radius 2 is 1.87 bits per heavy atom. The molecule has 3 heterocycles. The van der Waals surface area contributed by atoms with Gasteiger partial charge in [-0.25, -0.2) is 4.79 Å². The van der Waals surface area contributed by atoms with Gasteiger partial charge < -0.3 is 19.7 Å². The van der Waals surface area contributed by atoms with Crippen LogP contribution < -0.4 is 14.8 Å². The highest BCUT2D eigenvalue weighted by Gasteiger charge is 2.53. The smallest absolute Gasteiger partial charge is 0.325 e. The first-order chi connectivity index (χ1) is 14.5. The van der Waals surface area contributed by atoms with Crippen LogP contribution in [-0.2, 0) is 15.1 Å². The molecule has 1 saturated carbocycles. The molecule has 4 amide bonds. The Labute approximate surface area is 181 Å². The normalized spacial score (nSPS) is 33.1. The topological polar surface area (TPSA) is 88.2 Å². The third-order valence-corrected chi connectivity index (χ3v) is 7.25. The van der Waals surface area contributed by atoms with Gasteiger partial charge in [0.2, 0.25) is 12.7 Å². The number of nitrogens with one attached hydrogen (secondary N) is 1. The van der Waals surface area contributed by atoms with Gasteiger partial charge in [-0.3, -0.25) is 14.5 Å². The van der Waals surface area contributed by atoms with Gasteiger partial charge in [-0.1, -0.05) is 26.8 Å². The van der Waals surface area contributed by atoms with Crippen LogP contribution in [0.2, 0.25) is 0 Å². The maximum absolute atomic E-state index is 13.3. The van der Waals surface area contributed by atoms with E-state index < -0.39 is 17.5 Å². The minimum atomic E-state index is -1.26. The van der Waals surface area contributed by atoms with E-state index in [0.717, 1.165) is 24.2 Å². The van der Waals surface area contributed by atoms with Crippen molar-refractivity contribution in [3.63, 3.8) is 0 Å². The van der Waals surface area contributed by atoms with Crippen molar-refractivity contribution in [1.82, 2.24) is 15.1 Å². The molecule has 0 unspecified atom stereocenters. The van der Waals surface area contributed by atoms with E-state index in [0.29, 0.717) is 23.6 Å². The molecule has 1 aromatic carbocycles. The van der Waals surface area contributed by atoms with Gasteiger partial charge in [-0.15, -0.1) is 0 Å². The first-order valence-electron chi connectivity index (χ1n) is 10.8. The van der Waals surface area contributed by atoms with Crippen molar-refractivity contribution in [3.8, 4) is 11.5 Å². The molecule has 3 fully saturated rings. The molecule has 4 aliphatic rings. The number of benzene rings is 1. The molecule has 8 heteroatoms. The molecular weight excluding hydrogens is 398 g/mol. The van der Waals surface area contributed by atoms with Crippen LogP contribution in [0, 0.1) is 10.8 Å². The van der Waals surface area contributed by atoms with Crippen LogP contribution >= 0.6 is 0 Å². The second-order valence-electron chi connectivity index (χ2n) is 10.7. The Hall–Kier alpha value is -2.77. The molecule has 31 heavy (non-hydrogen) atoms. The molecule has 1 aliphatic carbocycles. The average molecular weight is 428 g/mol. The fraction of sp³-hybridized carbons (Fsp3) is 0.609. The molecule has 8 nitrogen and oxygen atoms in total. The standard InChI is InChI=1S/C23H29N3O5/c1-21(2)8-15-9-22(3,11-21)12-26(15)18(27)10-25-19(28)23(4,24-20(25)29)14-5-6-16-17(7-14)31-13-30-16/h5-7,15H,8-13H2,1-4H3,(H,24,29)/t15-,22-,23+/m0/s1. The molecule has 2 bridgehead atoms. The number of nitrogens with zero attached hydrogens (tertiary/aromatic N) is 2. The van der Waals surface area contributed by atoms with Crippen LogP contribution in [0.15, 0.2) is 18.2 Å². The van der Waals surface area contributed by atoms with Gasteiger partial charge in [0.15, 0.2) is 11.5 Å². The summed E-state index contributed by atoms with van der Waals surface area (Å²) in [5, 5.41) is 2.77. The summed E-state index contributed by atoms with van der Waals surface area (Å²) in [5.74, 6) is 0.548. The number of ether oxygens (including phenoxy) is 2. The summed E-state index contributed by atoms with van der Waals surface area (Å²) >= 11 is 0. The highest BCUT2D eigenvalue weighted by atomic mass is 16.7. The van der Waals surface area contributed by atoms with Crippen LogP contribution in [0.3, 0.4) is 0 Å². The molecule has 3 aliphatic heterocycles. The quantitative estimate of drug-likeness (QED) is 0.750. The number of imide groups is 1. The SMILES string of the molecule is CC1(C)C[C@H]2C[C@](C)(CN2C(=O)CN2C(=O)N[C@](C)(c3ccc4c(c3)OCO4)C2=O)C1. The first kappa shape index (κ1) is 20.2. The van der Waals surface area contributed by atoms with E-state index in [4.69, 9.17) is 9.47 Å². The summed E-state index contributed by atoms with van der Waals surface area (Å²) in [5.41, 5.74) is -0.379. The van der Waals surface area contributed by atoms with Gasteiger partial charge >= 0.3 is 6.03 Å². The molecule has 1 N–H and O–H groups in total. The van der Waals surface area contributed by atoms with Gasteiger partial charge in [-0.2, -0.15) is 0 Å². The number of urea groups is 1. The maximum Gasteiger partial charge on any atom is 0.325 e. The van der Waals surface area contributed by atoms with Crippen LogP contribution in [0.25, 0.3) is 0 Å². The van der Waals surface area contributed by atoms with Crippen LogP contribution in [0.1, 0.15) is 52.5 Å². The third kappa shape index (κ3) is 3.15. The molecule has 0 radical (unpaired) electrons. The number of hydrogen-bond donors (Lipinski definition) is 1. The number of fused-ring (bicyclic) bond motifs is 3. The lowest BCUT2D eigenvalue weighted by Crippen LogP contribution is -2.46. The Morgan fingerprint density at radius 3 is 2.65 bits per heavy atom. The molecule has 0 spiro atoms. The largest absolute Gasteiger partial charge is 0.454 e. The van der Waals surface area contributed by atoms with Crippen molar-refractivity contribution in [3.05, 3.63) is 23.8 Å². The van der Waals surface area contributed by atoms with Crippen molar-refractivity contribution in [2.24, 2.45) is 10.8 Å². The minimum absolute atomic E-state index is 0.0976. The molecule has 166 valence electrons. The predicted octanol–water partition coefficient (Wildman–Crippen LogP) is 2.61. The average Bonchev–Trinajstić information content (AvgIpc) is 3.30. The minimum Gasteiger partial charge on any atom is -0.454 e. The summed E-state index contributed by atoms with van der Waals surface area (Å²) in [4.78, 5) is 42.1. The highest BCUT2D eigenvalue weighted by molar-refractivity contribution is 6.09. The third-order valence-electron chi connectivity index (χ3n) is 7.25. The maximum atomic E-state index is 13.3. The number of hydrogen-bond acceptors (Lipinski definition) is 5. The van der Waals surface area contributed by atoms with Crippen LogP contribution in [0.4, 0.5) is 4.79 Å². The Balaban J connectivity index is 1.34. The van der Waals surface area contributed by atoms with Gasteiger partial charge in [0, 0.05) is 12.6 Å². The number of amides is 4. The number of carbonyl (C=O) groups is 3. The lowest BCUT2D eigenvalue weighted by Gasteiger charge is -2.39. The van der Waals surface area contributed by atoms with Crippen molar-refractivity contribution in [1.29, 1.82) is 0 Å². The van der Waals surface area contributed by atoms with Crippen molar-refractivity contribution in [2.45, 2.75) is 58.5 Å². The van der Waals surface area contributed by atoms with E-state index in [2.05, 4.69) is 26.1 Å². The van der Waals surface area contributed by atoms with E-state index in [1.165, 1.54) is 0 Å². The summed E-state index contributed by atoms with van der Waals surface area (Å²) in [6.07, 6.45) is 3.01. The molecule has 3 atom stereocenters. The predicted molar refractivity (Wildman–Crippen MR) is 111 cm³/mol. The van der Waals surface area contributed by atoms with Gasteiger partial charge in [0.05, 0.1) is 0 Å². The van der Waals surface area contributed by atoms with E-state index >= 15 is 0 Å². The van der Waals surface area contributed by atoms with Crippen molar-refractivity contribution in [2.75, 3.05) is 19.9 Å². The van der Waals surface area contributed by atoms with Gasteiger partial charge in [0.1, 0.15) is 12.1 Å². The summed E-state index contributed by atoms with van der Waals surface area (Å²) < 4.78 is 10.7. The van der Waals surface area contributed by atoms with Gasteiger partial charge in [0.25, 0.3) is 5.91 Å². The van der Waals surface area contributed by atoms with E-state index in [9.17, 15) is 14.4 Å². The number of likely N-dealkylation sites (tertiary alicyclic amines) is 1. The molecular formula is C23H29N3O5. The van der Waals surface area contributed by atoms with E-state index in [-0.39, 0.29) is 36.1 Å². The zero-order chi connectivity index (χ0) is 22.2. The van der Waals surface area contributed by atoms with Crippen molar-refractivity contribution < 1.29 is 23.9 Å². The number of rotatable bonds is 3. The molecule has 5 rings (SSSR count). The summed E-state index contributed by atoms with van der Waals surface area (Å²) in [7, 11) is 0. The Bertz CT molecular complexity index is 991. The monoisotopic (exact) mass is 427 g/mol. The number of carbonyl (C=O) groups excluding carboxylic acids is 3. The van der Waals surface area contributed by atoms with Gasteiger partial charge in [-0.05, 0) is 54.7 Å². The summed E-state index contributed by atoms with van der Waals surface area (Å²) in [6, 6.07) is 4.79. The Morgan fingerprint density at radius 1 is 1.13 bits per heavy atom. The fourth-order valence-electron chi connectivity index (χ4n) is 6.22. The zero-order valence-corrected chi connectivity index (χ0v) is 18.5. The second-order valence-corrected chi connectivity index (χ2v) is 10.7.